The summed E-state index contributed by atoms with van der Waals surface area (Å²) in [4.78, 5) is 11.9. The Bertz CT molecular complexity index is 545. The van der Waals surface area contributed by atoms with Gasteiger partial charge in [-0.15, -0.1) is 0 Å². The van der Waals surface area contributed by atoms with Crippen LogP contribution in [0.25, 0.3) is 0 Å². The number of nitrogens with one attached hydrogen (secondary N) is 1. The maximum Gasteiger partial charge on any atom is 0.412 e. The summed E-state index contributed by atoms with van der Waals surface area (Å²) >= 11 is 0. The third-order valence-corrected chi connectivity index (χ3v) is 3.88. The zero-order valence-electron chi connectivity index (χ0n) is 13.9. The van der Waals surface area contributed by atoms with Crippen molar-refractivity contribution in [3.05, 3.63) is 23.8 Å². The van der Waals surface area contributed by atoms with Crippen LogP contribution in [0.5, 0.6) is 5.75 Å². The third-order valence-electron chi connectivity index (χ3n) is 3.88. The van der Waals surface area contributed by atoms with Crippen molar-refractivity contribution >= 4 is 11.8 Å². The number of rotatable bonds is 5. The molecule has 5 nitrogen and oxygen atoms in total. The van der Waals surface area contributed by atoms with Gasteiger partial charge in [-0.1, -0.05) is 0 Å². The van der Waals surface area contributed by atoms with Crippen LogP contribution in [-0.4, -0.2) is 25.3 Å². The van der Waals surface area contributed by atoms with Crippen molar-refractivity contribution in [3.8, 4) is 5.75 Å². The van der Waals surface area contributed by atoms with Gasteiger partial charge in [-0.05, 0) is 75.8 Å². The Morgan fingerprint density at radius 2 is 2.05 bits per heavy atom. The first-order valence-corrected chi connectivity index (χ1v) is 7.64. The van der Waals surface area contributed by atoms with Crippen LogP contribution in [0.4, 0.5) is 10.5 Å². The topological polar surface area (TPSA) is 73.6 Å². The number of methoxy groups -OCH3 is 1. The van der Waals surface area contributed by atoms with Gasteiger partial charge in [0, 0.05) is 5.69 Å². The zero-order chi connectivity index (χ0) is 16.4. The summed E-state index contributed by atoms with van der Waals surface area (Å²) in [6, 6.07) is 5.63. The van der Waals surface area contributed by atoms with E-state index in [9.17, 15) is 4.79 Å². The average Bonchev–Trinajstić information content (AvgIpc) is 3.17. The van der Waals surface area contributed by atoms with Crippen molar-refractivity contribution in [1.82, 2.24) is 0 Å². The fraction of sp³-hybridized carbons (Fsp3) is 0.588. The molecule has 0 spiro atoms. The number of benzene rings is 1. The van der Waals surface area contributed by atoms with Crippen molar-refractivity contribution in [1.29, 1.82) is 0 Å². The van der Waals surface area contributed by atoms with E-state index in [0.717, 1.165) is 30.6 Å². The van der Waals surface area contributed by atoms with E-state index in [1.54, 1.807) is 7.11 Å². The van der Waals surface area contributed by atoms with E-state index in [0.29, 0.717) is 12.2 Å². The van der Waals surface area contributed by atoms with Crippen LogP contribution in [0, 0.1) is 5.41 Å². The smallest absolute Gasteiger partial charge is 0.412 e. The van der Waals surface area contributed by atoms with Gasteiger partial charge < -0.3 is 15.2 Å². The number of carbonyl (C=O) groups excluding carboxylic acids is 1. The summed E-state index contributed by atoms with van der Waals surface area (Å²) in [6.45, 7) is 6.19. The minimum Gasteiger partial charge on any atom is -0.496 e. The van der Waals surface area contributed by atoms with Gasteiger partial charge in [0.25, 0.3) is 0 Å². The molecule has 0 saturated heterocycles. The molecule has 1 amide bonds. The summed E-state index contributed by atoms with van der Waals surface area (Å²) in [5.41, 5.74) is 7.33. The molecule has 1 aromatic rings. The summed E-state index contributed by atoms with van der Waals surface area (Å²) in [6.07, 6.45) is 2.71. The van der Waals surface area contributed by atoms with Crippen molar-refractivity contribution in [2.24, 2.45) is 11.1 Å². The molecule has 1 aliphatic rings. The molecule has 5 heteroatoms. The summed E-state index contributed by atoms with van der Waals surface area (Å²) in [5, 5.41) is 2.77. The average molecular weight is 306 g/mol. The third kappa shape index (κ3) is 4.37. The highest BCUT2D eigenvalue weighted by Crippen LogP contribution is 2.48. The van der Waals surface area contributed by atoms with Gasteiger partial charge in [-0.3, -0.25) is 5.32 Å². The molecule has 22 heavy (non-hydrogen) atoms. The van der Waals surface area contributed by atoms with Crippen LogP contribution in [0.2, 0.25) is 0 Å². The van der Waals surface area contributed by atoms with E-state index in [-0.39, 0.29) is 5.41 Å². The molecule has 1 aliphatic carbocycles. The molecule has 122 valence electrons. The quantitative estimate of drug-likeness (QED) is 0.875. The molecule has 0 aliphatic heterocycles. The molecule has 1 aromatic carbocycles. The highest BCUT2D eigenvalue weighted by atomic mass is 16.6. The number of hydrogen-bond acceptors (Lipinski definition) is 4. The Morgan fingerprint density at radius 3 is 2.55 bits per heavy atom. The molecule has 0 aromatic heterocycles. The summed E-state index contributed by atoms with van der Waals surface area (Å²) in [5.74, 6) is 0.828. The molecular formula is C17H26N2O3. The SMILES string of the molecule is COc1ccc(NC(=O)OC(C)(C)C)cc1CC1(CN)CC1. The fourth-order valence-electron chi connectivity index (χ4n) is 2.45. The first kappa shape index (κ1) is 16.6. The second kappa shape index (κ2) is 6.16. The van der Waals surface area contributed by atoms with Crippen LogP contribution >= 0.6 is 0 Å². The minimum atomic E-state index is -0.517. The Kier molecular flexibility index (Phi) is 4.66. The highest BCUT2D eigenvalue weighted by Gasteiger charge is 2.41. The lowest BCUT2D eigenvalue weighted by Crippen LogP contribution is -2.27. The predicted molar refractivity (Wildman–Crippen MR) is 87.3 cm³/mol. The molecule has 0 heterocycles. The fourth-order valence-corrected chi connectivity index (χ4v) is 2.45. The number of anilines is 1. The molecule has 0 atom stereocenters. The Balaban J connectivity index is 2.11. The monoisotopic (exact) mass is 306 g/mol. The first-order valence-electron chi connectivity index (χ1n) is 7.64. The van der Waals surface area contributed by atoms with Crippen molar-refractivity contribution in [2.45, 2.75) is 45.6 Å². The zero-order valence-corrected chi connectivity index (χ0v) is 13.9. The van der Waals surface area contributed by atoms with Crippen LogP contribution in [0.3, 0.4) is 0 Å². The molecule has 1 fully saturated rings. The molecule has 0 unspecified atom stereocenters. The maximum absolute atomic E-state index is 11.9. The number of amides is 1. The van der Waals surface area contributed by atoms with Crippen LogP contribution in [0.1, 0.15) is 39.2 Å². The van der Waals surface area contributed by atoms with Gasteiger partial charge in [0.05, 0.1) is 7.11 Å². The Labute approximate surface area is 132 Å². The van der Waals surface area contributed by atoms with Gasteiger partial charge in [0.2, 0.25) is 0 Å². The largest absolute Gasteiger partial charge is 0.496 e. The van der Waals surface area contributed by atoms with Gasteiger partial charge in [-0.25, -0.2) is 4.79 Å². The summed E-state index contributed by atoms with van der Waals surface area (Å²) < 4.78 is 10.7. The lowest BCUT2D eigenvalue weighted by molar-refractivity contribution is 0.0636. The van der Waals surface area contributed by atoms with Crippen LogP contribution in [-0.2, 0) is 11.2 Å². The van der Waals surface area contributed by atoms with Gasteiger partial charge in [0.1, 0.15) is 11.4 Å². The standard InChI is InChI=1S/C17H26N2O3/c1-16(2,3)22-15(20)19-13-5-6-14(21-4)12(9-13)10-17(11-18)7-8-17/h5-6,9H,7-8,10-11,18H2,1-4H3,(H,19,20). The first-order chi connectivity index (χ1) is 10.3. The van der Waals surface area contributed by atoms with E-state index in [1.165, 1.54) is 0 Å². The molecular weight excluding hydrogens is 280 g/mol. The van der Waals surface area contributed by atoms with Crippen molar-refractivity contribution in [3.63, 3.8) is 0 Å². The molecule has 1 saturated carbocycles. The highest BCUT2D eigenvalue weighted by molar-refractivity contribution is 5.85. The molecule has 3 N–H and O–H groups in total. The lowest BCUT2D eigenvalue weighted by Gasteiger charge is -2.20. The molecule has 0 bridgehead atoms. The van der Waals surface area contributed by atoms with Crippen molar-refractivity contribution in [2.75, 3.05) is 19.0 Å². The van der Waals surface area contributed by atoms with Crippen LogP contribution in [0.15, 0.2) is 18.2 Å². The normalized spacial score (nSPS) is 16.0. The van der Waals surface area contributed by atoms with Crippen molar-refractivity contribution < 1.29 is 14.3 Å². The second-order valence-electron chi connectivity index (χ2n) is 7.03. The van der Waals surface area contributed by atoms with Gasteiger partial charge >= 0.3 is 6.09 Å². The van der Waals surface area contributed by atoms with Crippen LogP contribution < -0.4 is 15.8 Å². The molecule has 2 rings (SSSR count). The number of nitrogens with two attached hydrogens (primary N) is 1. The maximum atomic E-state index is 11.9. The van der Waals surface area contributed by atoms with E-state index >= 15 is 0 Å². The Morgan fingerprint density at radius 1 is 1.36 bits per heavy atom. The van der Waals surface area contributed by atoms with Gasteiger partial charge in [-0.2, -0.15) is 0 Å². The number of hydrogen-bond donors (Lipinski definition) is 2. The lowest BCUT2D eigenvalue weighted by atomic mass is 9.95. The molecule has 0 radical (unpaired) electrons. The van der Waals surface area contributed by atoms with E-state index < -0.39 is 11.7 Å². The summed E-state index contributed by atoms with van der Waals surface area (Å²) in [7, 11) is 1.65. The van der Waals surface area contributed by atoms with Gasteiger partial charge in [0.15, 0.2) is 0 Å². The Hall–Kier alpha value is -1.75. The number of ether oxygens (including phenoxy) is 2. The van der Waals surface area contributed by atoms with E-state index in [4.69, 9.17) is 15.2 Å². The second-order valence-corrected chi connectivity index (χ2v) is 7.03. The number of carbonyl (C=O) groups is 1. The van der Waals surface area contributed by atoms with E-state index in [1.807, 2.05) is 39.0 Å². The van der Waals surface area contributed by atoms with E-state index in [2.05, 4.69) is 5.32 Å². The predicted octanol–water partition coefficient (Wildman–Crippen LogP) is 3.32. The minimum absolute atomic E-state index is 0.206.